The van der Waals surface area contributed by atoms with Crippen LogP contribution in [-0.4, -0.2) is 60.1 Å². The van der Waals surface area contributed by atoms with Gasteiger partial charge in [-0.3, -0.25) is 0 Å². The SMILES string of the molecule is C=C1COc2c(cc(Cl)c(-c3nc4cc(C)ccc4n3C[C@H]3CN(C(=O)OC)CCO3)c2F)N1. The van der Waals surface area contributed by atoms with E-state index in [0.717, 1.165) is 11.1 Å². The van der Waals surface area contributed by atoms with Crippen molar-refractivity contribution >= 4 is 34.4 Å². The van der Waals surface area contributed by atoms with Crippen molar-refractivity contribution in [2.75, 3.05) is 38.7 Å². The number of carbonyl (C=O) groups is 1. The molecule has 1 saturated heterocycles. The summed E-state index contributed by atoms with van der Waals surface area (Å²) in [7, 11) is 1.35. The van der Waals surface area contributed by atoms with Gasteiger partial charge < -0.3 is 29.0 Å². The van der Waals surface area contributed by atoms with Crippen molar-refractivity contribution in [2.24, 2.45) is 0 Å². The zero-order valence-electron chi connectivity index (χ0n) is 18.9. The van der Waals surface area contributed by atoms with Crippen molar-refractivity contribution in [1.82, 2.24) is 14.5 Å². The minimum absolute atomic E-state index is 0.0763. The van der Waals surface area contributed by atoms with Gasteiger partial charge in [0.05, 0.1) is 60.2 Å². The monoisotopic (exact) mass is 486 g/mol. The van der Waals surface area contributed by atoms with E-state index in [2.05, 4.69) is 11.9 Å². The molecule has 2 aliphatic heterocycles. The quantitative estimate of drug-likeness (QED) is 0.583. The van der Waals surface area contributed by atoms with Crippen molar-refractivity contribution in [2.45, 2.75) is 19.6 Å². The molecule has 3 heterocycles. The van der Waals surface area contributed by atoms with Gasteiger partial charge in [-0.05, 0) is 30.7 Å². The maximum Gasteiger partial charge on any atom is 0.409 e. The van der Waals surface area contributed by atoms with Crippen LogP contribution in [0, 0.1) is 12.7 Å². The molecule has 1 amide bonds. The van der Waals surface area contributed by atoms with E-state index < -0.39 is 11.9 Å². The van der Waals surface area contributed by atoms with Gasteiger partial charge in [-0.25, -0.2) is 14.2 Å². The predicted octanol–water partition coefficient (Wildman–Crippen LogP) is 4.59. The standard InChI is InChI=1S/C24H24ClFN4O4/c1-13-4-5-19-17(8-13)28-23(30(19)11-15-10-29(6-7-33-15)24(31)32-3)20-16(25)9-18-22(21(20)26)34-12-14(2)27-18/h4-5,8-9,15,27H,2,6-7,10-12H2,1,3H3/t15-/m1/s1. The number of methoxy groups -OCH3 is 1. The van der Waals surface area contributed by atoms with Gasteiger partial charge in [0, 0.05) is 12.2 Å². The number of amides is 1. The molecule has 0 radical (unpaired) electrons. The number of carbonyl (C=O) groups excluding carboxylic acids is 1. The number of aryl methyl sites for hydroxylation is 1. The van der Waals surface area contributed by atoms with Crippen LogP contribution in [0.5, 0.6) is 5.75 Å². The lowest BCUT2D eigenvalue weighted by Gasteiger charge is -2.32. The van der Waals surface area contributed by atoms with E-state index in [4.69, 9.17) is 30.8 Å². The highest BCUT2D eigenvalue weighted by atomic mass is 35.5. The van der Waals surface area contributed by atoms with Crippen LogP contribution in [-0.2, 0) is 16.0 Å². The Morgan fingerprint density at radius 3 is 3.03 bits per heavy atom. The summed E-state index contributed by atoms with van der Waals surface area (Å²) in [5.74, 6) is -0.165. The number of nitrogens with zero attached hydrogens (tertiary/aromatic N) is 3. The van der Waals surface area contributed by atoms with Crippen LogP contribution >= 0.6 is 11.6 Å². The Kier molecular flexibility index (Phi) is 5.83. The van der Waals surface area contributed by atoms with Gasteiger partial charge in [-0.1, -0.05) is 24.2 Å². The average molecular weight is 487 g/mol. The molecule has 1 aromatic heterocycles. The lowest BCUT2D eigenvalue weighted by Crippen LogP contribution is -2.47. The molecule has 2 aromatic carbocycles. The van der Waals surface area contributed by atoms with Gasteiger partial charge in [0.15, 0.2) is 11.6 Å². The first kappa shape index (κ1) is 22.5. The number of morpholine rings is 1. The molecule has 178 valence electrons. The van der Waals surface area contributed by atoms with Crippen LogP contribution in [0.2, 0.25) is 5.02 Å². The Hall–Kier alpha value is -3.30. The minimum Gasteiger partial charge on any atom is -0.482 e. The lowest BCUT2D eigenvalue weighted by molar-refractivity contribution is -0.0310. The van der Waals surface area contributed by atoms with Crippen molar-refractivity contribution in [1.29, 1.82) is 0 Å². The molecule has 10 heteroatoms. The first-order valence-corrected chi connectivity index (χ1v) is 11.2. The molecule has 0 saturated carbocycles. The van der Waals surface area contributed by atoms with Gasteiger partial charge in [0.1, 0.15) is 12.4 Å². The highest BCUT2D eigenvalue weighted by molar-refractivity contribution is 6.33. The Labute approximate surface area is 200 Å². The average Bonchev–Trinajstić information content (AvgIpc) is 3.15. The van der Waals surface area contributed by atoms with Crippen LogP contribution in [0.3, 0.4) is 0 Å². The fourth-order valence-electron chi connectivity index (χ4n) is 4.37. The van der Waals surface area contributed by atoms with Gasteiger partial charge in [0.25, 0.3) is 0 Å². The van der Waals surface area contributed by atoms with E-state index in [1.165, 1.54) is 7.11 Å². The number of hydrogen-bond donors (Lipinski definition) is 1. The molecule has 34 heavy (non-hydrogen) atoms. The molecule has 0 aliphatic carbocycles. The van der Waals surface area contributed by atoms with Crippen molar-refractivity contribution in [3.05, 3.63) is 52.9 Å². The summed E-state index contributed by atoms with van der Waals surface area (Å²) in [5, 5.41) is 3.21. The van der Waals surface area contributed by atoms with E-state index >= 15 is 4.39 Å². The molecule has 1 atom stereocenters. The van der Waals surface area contributed by atoms with Crippen molar-refractivity contribution < 1.29 is 23.4 Å². The van der Waals surface area contributed by atoms with E-state index in [0.29, 0.717) is 49.0 Å². The summed E-state index contributed by atoms with van der Waals surface area (Å²) in [4.78, 5) is 18.4. The summed E-state index contributed by atoms with van der Waals surface area (Å²) in [6.45, 7) is 7.44. The molecule has 1 N–H and O–H groups in total. The maximum atomic E-state index is 15.8. The number of rotatable bonds is 3. The zero-order valence-corrected chi connectivity index (χ0v) is 19.6. The molecular weight excluding hydrogens is 463 g/mol. The molecule has 8 nitrogen and oxygen atoms in total. The first-order chi connectivity index (χ1) is 16.4. The number of halogens is 2. The first-order valence-electron chi connectivity index (χ1n) is 10.9. The summed E-state index contributed by atoms with van der Waals surface area (Å²) in [5.41, 5.74) is 3.71. The zero-order chi connectivity index (χ0) is 24.0. The molecule has 2 aliphatic rings. The second-order valence-electron chi connectivity index (χ2n) is 8.39. The number of imidazole rings is 1. The summed E-state index contributed by atoms with van der Waals surface area (Å²) < 4.78 is 34.1. The topological polar surface area (TPSA) is 77.9 Å². The van der Waals surface area contributed by atoms with E-state index in [-0.39, 0.29) is 29.0 Å². The third kappa shape index (κ3) is 3.95. The Bertz CT molecular complexity index is 1310. The number of hydrogen-bond acceptors (Lipinski definition) is 6. The minimum atomic E-state index is -0.600. The normalized spacial score (nSPS) is 17.8. The fourth-order valence-corrected chi connectivity index (χ4v) is 4.65. The van der Waals surface area contributed by atoms with Gasteiger partial charge in [-0.15, -0.1) is 0 Å². The van der Waals surface area contributed by atoms with Crippen molar-refractivity contribution in [3.8, 4) is 17.1 Å². The fraction of sp³-hybridized carbons (Fsp3) is 0.333. The predicted molar refractivity (Wildman–Crippen MR) is 127 cm³/mol. The molecule has 0 unspecified atom stereocenters. The summed E-state index contributed by atoms with van der Waals surface area (Å²) in [6, 6.07) is 7.46. The molecule has 5 rings (SSSR count). The van der Waals surface area contributed by atoms with Crippen LogP contribution in [0.25, 0.3) is 22.4 Å². The van der Waals surface area contributed by atoms with Gasteiger partial charge in [-0.2, -0.15) is 0 Å². The van der Waals surface area contributed by atoms with Gasteiger partial charge >= 0.3 is 6.09 Å². The van der Waals surface area contributed by atoms with Crippen molar-refractivity contribution in [3.63, 3.8) is 0 Å². The van der Waals surface area contributed by atoms with E-state index in [1.54, 1.807) is 11.0 Å². The largest absolute Gasteiger partial charge is 0.482 e. The molecule has 0 bridgehead atoms. The highest BCUT2D eigenvalue weighted by Crippen LogP contribution is 2.43. The smallest absolute Gasteiger partial charge is 0.409 e. The maximum absolute atomic E-state index is 15.8. The van der Waals surface area contributed by atoms with Gasteiger partial charge in [0.2, 0.25) is 0 Å². The Morgan fingerprint density at radius 2 is 2.24 bits per heavy atom. The van der Waals surface area contributed by atoms with Crippen LogP contribution in [0.1, 0.15) is 5.56 Å². The third-order valence-electron chi connectivity index (χ3n) is 5.96. The second kappa shape index (κ2) is 8.81. The number of ether oxygens (including phenoxy) is 3. The number of fused-ring (bicyclic) bond motifs is 2. The second-order valence-corrected chi connectivity index (χ2v) is 8.80. The van der Waals surface area contributed by atoms with Crippen LogP contribution in [0.4, 0.5) is 14.9 Å². The van der Waals surface area contributed by atoms with Crippen LogP contribution < -0.4 is 10.1 Å². The highest BCUT2D eigenvalue weighted by Gasteiger charge is 2.30. The molecule has 1 fully saturated rings. The number of nitrogens with one attached hydrogen (secondary N) is 1. The Balaban J connectivity index is 1.61. The number of benzene rings is 2. The third-order valence-corrected chi connectivity index (χ3v) is 6.26. The van der Waals surface area contributed by atoms with E-state index in [9.17, 15) is 4.79 Å². The Morgan fingerprint density at radius 1 is 1.41 bits per heavy atom. The summed E-state index contributed by atoms with van der Waals surface area (Å²) >= 11 is 6.59. The lowest BCUT2D eigenvalue weighted by atomic mass is 10.1. The summed E-state index contributed by atoms with van der Waals surface area (Å²) in [6.07, 6.45) is -0.749. The van der Waals surface area contributed by atoms with E-state index in [1.807, 2.05) is 29.7 Å². The van der Waals surface area contributed by atoms with Crippen LogP contribution in [0.15, 0.2) is 36.5 Å². The molecule has 3 aromatic rings. The number of anilines is 1. The molecule has 0 spiro atoms. The molecular formula is C24H24ClFN4O4. The number of aromatic nitrogens is 2.